The Kier molecular flexibility index (Phi) is 3.51. The van der Waals surface area contributed by atoms with Crippen LogP contribution in [0.3, 0.4) is 0 Å². The Morgan fingerprint density at radius 3 is 2.95 bits per heavy atom. The summed E-state index contributed by atoms with van der Waals surface area (Å²) >= 11 is 0. The lowest BCUT2D eigenvalue weighted by Crippen LogP contribution is -2.15. The fourth-order valence-electron chi connectivity index (χ4n) is 2.11. The topological polar surface area (TPSA) is 82.7 Å². The molecule has 0 bridgehead atoms. The second-order valence-corrected chi connectivity index (χ2v) is 4.51. The Morgan fingerprint density at radius 1 is 1.29 bits per heavy atom. The van der Waals surface area contributed by atoms with E-state index in [0.29, 0.717) is 17.2 Å². The molecule has 2 aromatic heterocycles. The molecule has 1 amide bonds. The number of rotatable bonds is 4. The first-order chi connectivity index (χ1) is 10.3. The minimum absolute atomic E-state index is 0.229. The number of aromatic amines is 1. The second-order valence-electron chi connectivity index (χ2n) is 4.51. The standard InChI is InChI=1S/C15H15N5O/c1-2-17-13-9-16-8-7-10(13)14(21)20-15-18-11-5-3-4-6-12(11)19-15/h3-9,17H,2H2,1H3,(H2,18,19,20,21). The van der Waals surface area contributed by atoms with Crippen molar-refractivity contribution in [2.75, 3.05) is 17.2 Å². The highest BCUT2D eigenvalue weighted by molar-refractivity contribution is 6.07. The van der Waals surface area contributed by atoms with Gasteiger partial charge in [-0.1, -0.05) is 12.1 Å². The number of nitrogens with zero attached hydrogens (tertiary/aromatic N) is 2. The number of carbonyl (C=O) groups excluding carboxylic acids is 1. The van der Waals surface area contributed by atoms with Crippen molar-refractivity contribution in [1.29, 1.82) is 0 Å². The van der Waals surface area contributed by atoms with Crippen LogP contribution in [0.4, 0.5) is 11.6 Å². The van der Waals surface area contributed by atoms with Gasteiger partial charge in [0.1, 0.15) is 0 Å². The van der Waals surface area contributed by atoms with Gasteiger partial charge in [-0.25, -0.2) is 4.98 Å². The molecule has 0 radical (unpaired) electrons. The normalized spacial score (nSPS) is 10.5. The maximum absolute atomic E-state index is 12.3. The maximum Gasteiger partial charge on any atom is 0.260 e. The molecule has 0 atom stereocenters. The van der Waals surface area contributed by atoms with Crippen LogP contribution in [0, 0.1) is 0 Å². The molecule has 0 aliphatic carbocycles. The summed E-state index contributed by atoms with van der Waals surface area (Å²) in [4.78, 5) is 23.8. The monoisotopic (exact) mass is 281 g/mol. The van der Waals surface area contributed by atoms with E-state index >= 15 is 0 Å². The summed E-state index contributed by atoms with van der Waals surface area (Å²) in [7, 11) is 0. The van der Waals surface area contributed by atoms with Crippen LogP contribution in [0.2, 0.25) is 0 Å². The minimum atomic E-state index is -0.229. The average Bonchev–Trinajstić information content (AvgIpc) is 2.90. The molecule has 3 aromatic rings. The highest BCUT2D eigenvalue weighted by Crippen LogP contribution is 2.17. The largest absolute Gasteiger partial charge is 0.383 e. The molecule has 6 heteroatoms. The molecule has 3 N–H and O–H groups in total. The third kappa shape index (κ3) is 2.69. The number of anilines is 2. The third-order valence-electron chi connectivity index (χ3n) is 3.05. The van der Waals surface area contributed by atoms with Crippen molar-refractivity contribution in [3.05, 3.63) is 48.3 Å². The van der Waals surface area contributed by atoms with E-state index in [-0.39, 0.29) is 5.91 Å². The van der Waals surface area contributed by atoms with E-state index in [2.05, 4.69) is 25.6 Å². The lowest BCUT2D eigenvalue weighted by atomic mass is 10.2. The predicted molar refractivity (Wildman–Crippen MR) is 82.4 cm³/mol. The molecule has 2 heterocycles. The molecule has 0 saturated carbocycles. The van der Waals surface area contributed by atoms with Gasteiger partial charge in [0.25, 0.3) is 5.91 Å². The van der Waals surface area contributed by atoms with Gasteiger partial charge >= 0.3 is 0 Å². The molecule has 1 aromatic carbocycles. The first-order valence-corrected chi connectivity index (χ1v) is 6.72. The number of aromatic nitrogens is 3. The first kappa shape index (κ1) is 13.1. The van der Waals surface area contributed by atoms with Crippen LogP contribution in [0.25, 0.3) is 11.0 Å². The zero-order valence-corrected chi connectivity index (χ0v) is 11.6. The second kappa shape index (κ2) is 5.62. The quantitative estimate of drug-likeness (QED) is 0.686. The van der Waals surface area contributed by atoms with Gasteiger partial charge in [0.05, 0.1) is 28.5 Å². The van der Waals surface area contributed by atoms with Gasteiger partial charge in [-0.15, -0.1) is 0 Å². The van der Waals surface area contributed by atoms with Gasteiger partial charge in [0.2, 0.25) is 5.95 Å². The highest BCUT2D eigenvalue weighted by atomic mass is 16.1. The average molecular weight is 281 g/mol. The molecule has 21 heavy (non-hydrogen) atoms. The molecule has 6 nitrogen and oxygen atoms in total. The summed E-state index contributed by atoms with van der Waals surface area (Å²) in [6.45, 7) is 2.69. The number of benzene rings is 1. The predicted octanol–water partition coefficient (Wildman–Crippen LogP) is 2.64. The molecule has 0 fully saturated rings. The molecule has 0 spiro atoms. The van der Waals surface area contributed by atoms with Crippen molar-refractivity contribution in [3.8, 4) is 0 Å². The van der Waals surface area contributed by atoms with Crippen molar-refractivity contribution >= 4 is 28.6 Å². The van der Waals surface area contributed by atoms with Crippen molar-refractivity contribution in [1.82, 2.24) is 15.0 Å². The summed E-state index contributed by atoms with van der Waals surface area (Å²) < 4.78 is 0. The van der Waals surface area contributed by atoms with Crippen LogP contribution in [-0.4, -0.2) is 27.4 Å². The summed E-state index contributed by atoms with van der Waals surface area (Å²) in [6.07, 6.45) is 3.23. The molecular formula is C15H15N5O. The number of fused-ring (bicyclic) bond motifs is 1. The number of hydrogen-bond donors (Lipinski definition) is 3. The number of hydrogen-bond acceptors (Lipinski definition) is 4. The number of nitrogens with one attached hydrogen (secondary N) is 3. The lowest BCUT2D eigenvalue weighted by molar-refractivity contribution is 0.102. The van der Waals surface area contributed by atoms with Gasteiger partial charge in [-0.2, -0.15) is 0 Å². The van der Waals surface area contributed by atoms with E-state index in [0.717, 1.165) is 17.6 Å². The molecule has 0 aliphatic heterocycles. The van der Waals surface area contributed by atoms with E-state index in [1.807, 2.05) is 31.2 Å². The van der Waals surface area contributed by atoms with E-state index < -0.39 is 0 Å². The van der Waals surface area contributed by atoms with Gasteiger partial charge in [-0.3, -0.25) is 15.1 Å². The smallest absolute Gasteiger partial charge is 0.260 e. The molecule has 0 saturated heterocycles. The first-order valence-electron chi connectivity index (χ1n) is 6.72. The zero-order chi connectivity index (χ0) is 14.7. The fraction of sp³-hybridized carbons (Fsp3) is 0.133. The summed E-state index contributed by atoms with van der Waals surface area (Å²) in [6, 6.07) is 9.29. The Balaban J connectivity index is 1.86. The number of para-hydroxylation sites is 2. The molecule has 106 valence electrons. The highest BCUT2D eigenvalue weighted by Gasteiger charge is 2.13. The van der Waals surface area contributed by atoms with Gasteiger partial charge in [0.15, 0.2) is 0 Å². The maximum atomic E-state index is 12.3. The van der Waals surface area contributed by atoms with Crippen LogP contribution in [0.1, 0.15) is 17.3 Å². The zero-order valence-electron chi connectivity index (χ0n) is 11.6. The van der Waals surface area contributed by atoms with Crippen LogP contribution in [-0.2, 0) is 0 Å². The van der Waals surface area contributed by atoms with Crippen molar-refractivity contribution in [2.24, 2.45) is 0 Å². The summed E-state index contributed by atoms with van der Waals surface area (Å²) in [5.41, 5.74) is 2.93. The molecule has 3 rings (SSSR count). The van der Waals surface area contributed by atoms with E-state index in [1.165, 1.54) is 0 Å². The van der Waals surface area contributed by atoms with Crippen molar-refractivity contribution < 1.29 is 4.79 Å². The number of imidazole rings is 1. The van der Waals surface area contributed by atoms with Crippen LogP contribution in [0.15, 0.2) is 42.7 Å². The minimum Gasteiger partial charge on any atom is -0.383 e. The van der Waals surface area contributed by atoms with Crippen molar-refractivity contribution in [2.45, 2.75) is 6.92 Å². The van der Waals surface area contributed by atoms with E-state index in [1.54, 1.807) is 18.5 Å². The fourth-order valence-corrected chi connectivity index (χ4v) is 2.11. The molecule has 0 aliphatic rings. The van der Waals surface area contributed by atoms with Crippen LogP contribution < -0.4 is 10.6 Å². The van der Waals surface area contributed by atoms with Gasteiger partial charge < -0.3 is 10.3 Å². The Hall–Kier alpha value is -2.89. The van der Waals surface area contributed by atoms with Crippen molar-refractivity contribution in [3.63, 3.8) is 0 Å². The third-order valence-corrected chi connectivity index (χ3v) is 3.05. The van der Waals surface area contributed by atoms with E-state index in [4.69, 9.17) is 0 Å². The molecular weight excluding hydrogens is 266 g/mol. The van der Waals surface area contributed by atoms with Gasteiger partial charge in [-0.05, 0) is 25.1 Å². The van der Waals surface area contributed by atoms with Crippen LogP contribution in [0.5, 0.6) is 0 Å². The molecule has 0 unspecified atom stereocenters. The van der Waals surface area contributed by atoms with Crippen LogP contribution >= 0.6 is 0 Å². The van der Waals surface area contributed by atoms with E-state index in [9.17, 15) is 4.79 Å². The number of H-pyrrole nitrogens is 1. The Bertz CT molecular complexity index is 747. The number of pyridine rings is 1. The number of amides is 1. The lowest BCUT2D eigenvalue weighted by Gasteiger charge is -2.08. The van der Waals surface area contributed by atoms with Gasteiger partial charge in [0, 0.05) is 12.7 Å². The SMILES string of the molecule is CCNc1cnccc1C(=O)Nc1nc2ccccc2[nH]1. The Morgan fingerprint density at radius 2 is 2.14 bits per heavy atom. The summed E-state index contributed by atoms with van der Waals surface area (Å²) in [5, 5.41) is 5.89. The Labute approximate surface area is 121 Å². The summed E-state index contributed by atoms with van der Waals surface area (Å²) in [5.74, 6) is 0.202. The number of carbonyl (C=O) groups is 1.